The van der Waals surface area contributed by atoms with Gasteiger partial charge in [-0.2, -0.15) is 0 Å². The second kappa shape index (κ2) is 12.1. The number of aliphatic imine (C=N–C) groups is 1. The second-order valence-corrected chi connectivity index (χ2v) is 9.85. The SMILES string of the molecule is CN=C(NCC(C)(C)NS(C)(=O)=O)N1CCN(Cc2cc(OC)ccc2OC)CC1.I. The zero-order valence-corrected chi connectivity index (χ0v) is 22.4. The van der Waals surface area contributed by atoms with E-state index in [9.17, 15) is 8.42 Å². The number of halogens is 1. The lowest BCUT2D eigenvalue weighted by molar-refractivity contribution is 0.170. The van der Waals surface area contributed by atoms with Crippen molar-refractivity contribution in [3.63, 3.8) is 0 Å². The smallest absolute Gasteiger partial charge is 0.209 e. The van der Waals surface area contributed by atoms with Gasteiger partial charge in [0.05, 0.1) is 20.5 Å². The molecule has 1 aromatic carbocycles. The van der Waals surface area contributed by atoms with Crippen LogP contribution in [0, 0.1) is 0 Å². The molecule has 1 fully saturated rings. The first-order valence-electron chi connectivity index (χ1n) is 9.94. The van der Waals surface area contributed by atoms with Crippen LogP contribution in [-0.4, -0.2) is 90.0 Å². The van der Waals surface area contributed by atoms with E-state index in [0.29, 0.717) is 6.54 Å². The Bertz CT molecular complexity index is 840. The van der Waals surface area contributed by atoms with Crippen LogP contribution in [0.15, 0.2) is 23.2 Å². The quantitative estimate of drug-likeness (QED) is 0.277. The van der Waals surface area contributed by atoms with Crippen molar-refractivity contribution in [2.45, 2.75) is 25.9 Å². The van der Waals surface area contributed by atoms with Crippen LogP contribution in [0.25, 0.3) is 0 Å². The summed E-state index contributed by atoms with van der Waals surface area (Å²) in [5.41, 5.74) is 0.482. The minimum atomic E-state index is -3.28. The molecular formula is C20H36IN5O4S. The fraction of sp³-hybridized carbons (Fsp3) is 0.650. The van der Waals surface area contributed by atoms with Crippen LogP contribution in [0.5, 0.6) is 11.5 Å². The maximum absolute atomic E-state index is 11.5. The van der Waals surface area contributed by atoms with E-state index in [1.807, 2.05) is 32.0 Å². The summed E-state index contributed by atoms with van der Waals surface area (Å²) in [6, 6.07) is 5.85. The van der Waals surface area contributed by atoms with Gasteiger partial charge >= 0.3 is 0 Å². The fourth-order valence-corrected chi connectivity index (χ4v) is 4.61. The first kappa shape index (κ1) is 27.7. The van der Waals surface area contributed by atoms with Gasteiger partial charge in [-0.3, -0.25) is 9.89 Å². The minimum absolute atomic E-state index is 0. The second-order valence-electron chi connectivity index (χ2n) is 8.10. The van der Waals surface area contributed by atoms with Gasteiger partial charge in [0, 0.05) is 57.4 Å². The third-order valence-electron chi connectivity index (χ3n) is 4.92. The Kier molecular flexibility index (Phi) is 10.8. The van der Waals surface area contributed by atoms with Gasteiger partial charge in [0.25, 0.3) is 0 Å². The van der Waals surface area contributed by atoms with Gasteiger partial charge < -0.3 is 19.7 Å². The average molecular weight is 570 g/mol. The molecule has 0 unspecified atom stereocenters. The number of hydrogen-bond acceptors (Lipinski definition) is 6. The van der Waals surface area contributed by atoms with Crippen LogP contribution < -0.4 is 19.5 Å². The number of nitrogens with one attached hydrogen (secondary N) is 2. The molecule has 2 rings (SSSR count). The van der Waals surface area contributed by atoms with Crippen molar-refractivity contribution in [2.75, 3.05) is 60.2 Å². The van der Waals surface area contributed by atoms with E-state index < -0.39 is 15.6 Å². The van der Waals surface area contributed by atoms with E-state index in [0.717, 1.165) is 55.7 Å². The van der Waals surface area contributed by atoms with E-state index in [-0.39, 0.29) is 24.0 Å². The zero-order valence-electron chi connectivity index (χ0n) is 19.3. The third kappa shape index (κ3) is 8.99. The standard InChI is InChI=1S/C20H35N5O4S.HI/c1-20(2,23-30(6,26)27)15-22-19(21-3)25-11-9-24(10-12-25)14-16-13-17(28-4)7-8-18(16)29-5;/h7-8,13,23H,9-12,14-15H2,1-6H3,(H,21,22);1H. The molecule has 178 valence electrons. The van der Waals surface area contributed by atoms with E-state index in [2.05, 4.69) is 24.8 Å². The summed E-state index contributed by atoms with van der Waals surface area (Å²) in [7, 11) is 1.81. The molecule has 0 bridgehead atoms. The molecule has 1 heterocycles. The first-order chi connectivity index (χ1) is 14.1. The van der Waals surface area contributed by atoms with Gasteiger partial charge in [-0.25, -0.2) is 13.1 Å². The molecule has 2 N–H and O–H groups in total. The first-order valence-corrected chi connectivity index (χ1v) is 11.8. The van der Waals surface area contributed by atoms with Gasteiger partial charge in [-0.05, 0) is 32.0 Å². The van der Waals surface area contributed by atoms with E-state index in [4.69, 9.17) is 9.47 Å². The molecule has 1 aromatic rings. The molecule has 11 heteroatoms. The number of methoxy groups -OCH3 is 2. The molecule has 0 saturated carbocycles. The van der Waals surface area contributed by atoms with Gasteiger partial charge in [-0.1, -0.05) is 0 Å². The number of nitrogens with zero attached hydrogens (tertiary/aromatic N) is 3. The Morgan fingerprint density at radius 2 is 1.81 bits per heavy atom. The molecule has 1 saturated heterocycles. The number of hydrogen-bond donors (Lipinski definition) is 2. The lowest BCUT2D eigenvalue weighted by atomic mass is 10.1. The van der Waals surface area contributed by atoms with Gasteiger partial charge in [0.2, 0.25) is 10.0 Å². The zero-order chi connectivity index (χ0) is 22.4. The number of sulfonamides is 1. The Labute approximate surface area is 203 Å². The Morgan fingerprint density at radius 3 is 2.32 bits per heavy atom. The maximum atomic E-state index is 11.5. The van der Waals surface area contributed by atoms with E-state index in [1.54, 1.807) is 21.3 Å². The highest BCUT2D eigenvalue weighted by atomic mass is 127. The van der Waals surface area contributed by atoms with Crippen molar-refractivity contribution in [1.29, 1.82) is 0 Å². The summed E-state index contributed by atoms with van der Waals surface area (Å²) in [5, 5.41) is 3.29. The Morgan fingerprint density at radius 1 is 1.16 bits per heavy atom. The van der Waals surface area contributed by atoms with Crippen LogP contribution in [0.3, 0.4) is 0 Å². The Hall–Kier alpha value is -1.31. The molecule has 31 heavy (non-hydrogen) atoms. The molecule has 0 amide bonds. The van der Waals surface area contributed by atoms with Crippen LogP contribution in [0.1, 0.15) is 19.4 Å². The van der Waals surface area contributed by atoms with Crippen LogP contribution >= 0.6 is 24.0 Å². The predicted octanol–water partition coefficient (Wildman–Crippen LogP) is 1.34. The molecular weight excluding hydrogens is 533 g/mol. The molecule has 1 aliphatic heterocycles. The highest BCUT2D eigenvalue weighted by molar-refractivity contribution is 14.0. The molecule has 1 aliphatic rings. The highest BCUT2D eigenvalue weighted by Gasteiger charge is 2.25. The summed E-state index contributed by atoms with van der Waals surface area (Å²) in [6.07, 6.45) is 1.17. The van der Waals surface area contributed by atoms with Crippen molar-refractivity contribution < 1.29 is 17.9 Å². The van der Waals surface area contributed by atoms with Crippen LogP contribution in [0.4, 0.5) is 0 Å². The summed E-state index contributed by atoms with van der Waals surface area (Å²) >= 11 is 0. The average Bonchev–Trinajstić information content (AvgIpc) is 2.67. The van der Waals surface area contributed by atoms with E-state index in [1.165, 1.54) is 6.26 Å². The molecule has 0 radical (unpaired) electrons. The molecule has 0 aromatic heterocycles. The fourth-order valence-electron chi connectivity index (χ4n) is 3.53. The topological polar surface area (TPSA) is 95.5 Å². The monoisotopic (exact) mass is 569 g/mol. The minimum Gasteiger partial charge on any atom is -0.497 e. The van der Waals surface area contributed by atoms with Gasteiger partial charge in [-0.15, -0.1) is 24.0 Å². The van der Waals surface area contributed by atoms with Crippen molar-refractivity contribution in [3.05, 3.63) is 23.8 Å². The third-order valence-corrected chi connectivity index (χ3v) is 5.84. The van der Waals surface area contributed by atoms with Gasteiger partial charge in [0.1, 0.15) is 11.5 Å². The molecule has 9 nitrogen and oxygen atoms in total. The number of rotatable bonds is 8. The van der Waals surface area contributed by atoms with Crippen LogP contribution in [-0.2, 0) is 16.6 Å². The van der Waals surface area contributed by atoms with Crippen molar-refractivity contribution in [3.8, 4) is 11.5 Å². The summed E-state index contributed by atoms with van der Waals surface area (Å²) < 4.78 is 36.5. The van der Waals surface area contributed by atoms with Crippen molar-refractivity contribution in [2.24, 2.45) is 4.99 Å². The summed E-state index contributed by atoms with van der Waals surface area (Å²) in [6.45, 7) is 8.32. The number of guanidine groups is 1. The normalized spacial score (nSPS) is 15.9. The maximum Gasteiger partial charge on any atom is 0.209 e. The molecule has 0 spiro atoms. The largest absolute Gasteiger partial charge is 0.497 e. The predicted molar refractivity (Wildman–Crippen MR) is 135 cm³/mol. The summed E-state index contributed by atoms with van der Waals surface area (Å²) in [5.74, 6) is 2.45. The van der Waals surface area contributed by atoms with Crippen molar-refractivity contribution >= 4 is 40.0 Å². The number of ether oxygens (including phenoxy) is 2. The van der Waals surface area contributed by atoms with Crippen molar-refractivity contribution in [1.82, 2.24) is 19.8 Å². The lowest BCUT2D eigenvalue weighted by Crippen LogP contribution is -2.56. The summed E-state index contributed by atoms with van der Waals surface area (Å²) in [4.78, 5) is 8.93. The molecule has 0 atom stereocenters. The number of piperazine rings is 1. The van der Waals surface area contributed by atoms with E-state index >= 15 is 0 Å². The van der Waals surface area contributed by atoms with Crippen LogP contribution in [0.2, 0.25) is 0 Å². The lowest BCUT2D eigenvalue weighted by Gasteiger charge is -2.37. The molecule has 0 aliphatic carbocycles. The highest BCUT2D eigenvalue weighted by Crippen LogP contribution is 2.25. The Balaban J connectivity index is 0.00000480. The number of benzene rings is 1. The van der Waals surface area contributed by atoms with Gasteiger partial charge in [0.15, 0.2) is 5.96 Å².